The number of carboxylic acids is 1. The van der Waals surface area contributed by atoms with Crippen LogP contribution in [0, 0.1) is 5.41 Å². The maximum atomic E-state index is 12.3. The van der Waals surface area contributed by atoms with Crippen LogP contribution in [0.25, 0.3) is 0 Å². The van der Waals surface area contributed by atoms with E-state index in [1.807, 2.05) is 55.5 Å². The second-order valence-corrected chi connectivity index (χ2v) is 7.67. The zero-order chi connectivity index (χ0) is 20.9. The first-order valence-corrected chi connectivity index (χ1v) is 10.0. The van der Waals surface area contributed by atoms with Crippen LogP contribution in [0.5, 0.6) is 5.75 Å². The number of benzene rings is 2. The molecule has 1 saturated heterocycles. The van der Waals surface area contributed by atoms with E-state index in [9.17, 15) is 20.1 Å². The summed E-state index contributed by atoms with van der Waals surface area (Å²) in [4.78, 5) is 14.3. The van der Waals surface area contributed by atoms with E-state index in [1.165, 1.54) is 0 Å². The number of aliphatic carboxylic acids is 1. The number of aliphatic hydroxyl groups excluding tert-OH is 2. The average Bonchev–Trinajstić information content (AvgIpc) is 2.72. The average molecular weight is 399 g/mol. The maximum Gasteiger partial charge on any atom is 0.313 e. The number of likely N-dealkylation sites (tertiary alicyclic amines) is 1. The van der Waals surface area contributed by atoms with Gasteiger partial charge in [0.05, 0.1) is 19.3 Å². The summed E-state index contributed by atoms with van der Waals surface area (Å²) < 4.78 is 5.53. The third-order valence-corrected chi connectivity index (χ3v) is 5.65. The summed E-state index contributed by atoms with van der Waals surface area (Å²) in [7, 11) is 0. The number of hydrogen-bond donors (Lipinski definition) is 3. The Morgan fingerprint density at radius 3 is 2.62 bits per heavy atom. The van der Waals surface area contributed by atoms with E-state index < -0.39 is 17.5 Å². The number of carboxylic acid groups (broad SMARTS) is 1. The molecule has 3 rings (SSSR count). The molecule has 156 valence electrons. The minimum atomic E-state index is -1.25. The van der Waals surface area contributed by atoms with E-state index in [4.69, 9.17) is 4.74 Å². The minimum absolute atomic E-state index is 0.116. The topological polar surface area (TPSA) is 90.2 Å². The number of piperidine rings is 1. The summed E-state index contributed by atoms with van der Waals surface area (Å²) in [5, 5.41) is 30.3. The first kappa shape index (κ1) is 21.3. The lowest BCUT2D eigenvalue weighted by molar-refractivity contribution is -0.163. The SMILES string of the molecule is CCOc1ccc(CN2CC[C@@H](O)[C@](Cc3ccccc3)(C(=O)O)C2)cc1CO. The lowest BCUT2D eigenvalue weighted by atomic mass is 9.72. The molecule has 2 atom stereocenters. The predicted molar refractivity (Wildman–Crippen MR) is 110 cm³/mol. The van der Waals surface area contributed by atoms with Gasteiger partial charge in [0.1, 0.15) is 11.2 Å². The van der Waals surface area contributed by atoms with Crippen molar-refractivity contribution >= 4 is 5.97 Å². The van der Waals surface area contributed by atoms with Crippen molar-refractivity contribution < 1.29 is 24.9 Å². The lowest BCUT2D eigenvalue weighted by Gasteiger charge is -2.43. The third kappa shape index (κ3) is 4.78. The van der Waals surface area contributed by atoms with Crippen LogP contribution in [-0.4, -0.2) is 52.0 Å². The molecule has 0 unspecified atom stereocenters. The Labute approximate surface area is 171 Å². The van der Waals surface area contributed by atoms with Gasteiger partial charge in [0.15, 0.2) is 0 Å². The number of aliphatic hydroxyl groups is 2. The van der Waals surface area contributed by atoms with Crippen LogP contribution in [0.4, 0.5) is 0 Å². The molecule has 1 fully saturated rings. The summed E-state index contributed by atoms with van der Waals surface area (Å²) in [6.07, 6.45) is -0.209. The van der Waals surface area contributed by atoms with Crippen molar-refractivity contribution in [3.05, 3.63) is 65.2 Å². The molecule has 6 nitrogen and oxygen atoms in total. The van der Waals surface area contributed by atoms with Crippen molar-refractivity contribution in [3.63, 3.8) is 0 Å². The van der Waals surface area contributed by atoms with E-state index in [0.29, 0.717) is 31.9 Å². The van der Waals surface area contributed by atoms with E-state index in [-0.39, 0.29) is 19.6 Å². The minimum Gasteiger partial charge on any atom is -0.494 e. The zero-order valence-electron chi connectivity index (χ0n) is 16.8. The summed E-state index contributed by atoms with van der Waals surface area (Å²) in [5.74, 6) is -0.307. The van der Waals surface area contributed by atoms with E-state index in [1.54, 1.807) is 0 Å². The molecule has 0 radical (unpaired) electrons. The van der Waals surface area contributed by atoms with Gasteiger partial charge in [-0.25, -0.2) is 0 Å². The van der Waals surface area contributed by atoms with Gasteiger partial charge >= 0.3 is 5.97 Å². The summed E-state index contributed by atoms with van der Waals surface area (Å²) in [6.45, 7) is 3.74. The fraction of sp³-hybridized carbons (Fsp3) is 0.435. The fourth-order valence-corrected chi connectivity index (χ4v) is 4.13. The highest BCUT2D eigenvalue weighted by molar-refractivity contribution is 5.76. The zero-order valence-corrected chi connectivity index (χ0v) is 16.8. The smallest absolute Gasteiger partial charge is 0.313 e. The van der Waals surface area contributed by atoms with Gasteiger partial charge < -0.3 is 20.1 Å². The van der Waals surface area contributed by atoms with Crippen molar-refractivity contribution in [2.45, 2.75) is 39.0 Å². The third-order valence-electron chi connectivity index (χ3n) is 5.65. The Morgan fingerprint density at radius 2 is 1.97 bits per heavy atom. The van der Waals surface area contributed by atoms with Gasteiger partial charge in [0.2, 0.25) is 0 Å². The summed E-state index contributed by atoms with van der Waals surface area (Å²) >= 11 is 0. The number of hydrogen-bond acceptors (Lipinski definition) is 5. The predicted octanol–water partition coefficient (Wildman–Crippen LogP) is 2.46. The van der Waals surface area contributed by atoms with Crippen molar-refractivity contribution in [1.29, 1.82) is 0 Å². The molecule has 1 heterocycles. The quantitative estimate of drug-likeness (QED) is 0.632. The largest absolute Gasteiger partial charge is 0.494 e. The molecule has 1 aliphatic heterocycles. The van der Waals surface area contributed by atoms with Crippen LogP contribution in [0.1, 0.15) is 30.0 Å². The Morgan fingerprint density at radius 1 is 1.21 bits per heavy atom. The summed E-state index contributed by atoms with van der Waals surface area (Å²) in [6, 6.07) is 15.1. The standard InChI is InChI=1S/C23H29NO5/c1-2-29-20-9-8-18(12-19(20)15-25)14-24-11-10-21(26)23(16-24,22(27)28)13-17-6-4-3-5-7-17/h3-9,12,21,25-26H,2,10-11,13-16H2,1H3,(H,27,28)/t21-,23-/m1/s1. The monoisotopic (exact) mass is 399 g/mol. The first-order valence-electron chi connectivity index (χ1n) is 10.0. The van der Waals surface area contributed by atoms with Crippen LogP contribution in [0.2, 0.25) is 0 Å². The molecule has 29 heavy (non-hydrogen) atoms. The lowest BCUT2D eigenvalue weighted by Crippen LogP contribution is -2.56. The van der Waals surface area contributed by atoms with Gasteiger partial charge in [-0.2, -0.15) is 0 Å². The molecule has 0 saturated carbocycles. The highest BCUT2D eigenvalue weighted by Crippen LogP contribution is 2.35. The number of ether oxygens (including phenoxy) is 1. The van der Waals surface area contributed by atoms with E-state index >= 15 is 0 Å². The normalized spacial score (nSPS) is 22.4. The Bertz CT molecular complexity index is 825. The molecule has 1 aliphatic rings. The molecule has 2 aromatic rings. The number of rotatable bonds is 8. The number of carbonyl (C=O) groups is 1. The maximum absolute atomic E-state index is 12.3. The van der Waals surface area contributed by atoms with Gasteiger partial charge in [-0.15, -0.1) is 0 Å². The molecule has 0 aromatic heterocycles. The van der Waals surface area contributed by atoms with Crippen LogP contribution < -0.4 is 4.74 Å². The highest BCUT2D eigenvalue weighted by Gasteiger charge is 2.49. The number of nitrogens with zero attached hydrogens (tertiary/aromatic N) is 1. The molecule has 3 N–H and O–H groups in total. The summed E-state index contributed by atoms with van der Waals surface area (Å²) in [5.41, 5.74) is 1.35. The van der Waals surface area contributed by atoms with Crippen LogP contribution >= 0.6 is 0 Å². The Kier molecular flexibility index (Phi) is 6.90. The second-order valence-electron chi connectivity index (χ2n) is 7.67. The van der Waals surface area contributed by atoms with Crippen LogP contribution in [-0.2, 0) is 24.4 Å². The van der Waals surface area contributed by atoms with Gasteiger partial charge in [-0.3, -0.25) is 9.69 Å². The Hall–Kier alpha value is -2.41. The van der Waals surface area contributed by atoms with Gasteiger partial charge in [0.25, 0.3) is 0 Å². The molecule has 0 amide bonds. The Balaban J connectivity index is 1.80. The van der Waals surface area contributed by atoms with Crippen molar-refractivity contribution in [1.82, 2.24) is 4.90 Å². The van der Waals surface area contributed by atoms with Gasteiger partial charge in [-0.1, -0.05) is 36.4 Å². The van der Waals surface area contributed by atoms with Crippen molar-refractivity contribution in [2.75, 3.05) is 19.7 Å². The van der Waals surface area contributed by atoms with Gasteiger partial charge in [-0.05, 0) is 43.0 Å². The molecule has 0 spiro atoms. The molecular formula is C23H29NO5. The van der Waals surface area contributed by atoms with Crippen LogP contribution in [0.3, 0.4) is 0 Å². The first-order chi connectivity index (χ1) is 14.0. The molecule has 6 heteroatoms. The molecule has 0 aliphatic carbocycles. The molecular weight excluding hydrogens is 370 g/mol. The highest BCUT2D eigenvalue weighted by atomic mass is 16.5. The van der Waals surface area contributed by atoms with E-state index in [0.717, 1.165) is 16.7 Å². The fourth-order valence-electron chi connectivity index (χ4n) is 4.13. The second kappa shape index (κ2) is 9.39. The van der Waals surface area contributed by atoms with Crippen molar-refractivity contribution in [2.24, 2.45) is 5.41 Å². The van der Waals surface area contributed by atoms with Crippen LogP contribution in [0.15, 0.2) is 48.5 Å². The van der Waals surface area contributed by atoms with Gasteiger partial charge in [0, 0.05) is 25.2 Å². The van der Waals surface area contributed by atoms with Crippen molar-refractivity contribution in [3.8, 4) is 5.75 Å². The molecule has 2 aromatic carbocycles. The van der Waals surface area contributed by atoms with E-state index in [2.05, 4.69) is 4.90 Å². The molecule has 0 bridgehead atoms.